The molecule has 4 N–H and O–H groups in total. The number of likely N-dealkylation sites (tertiary alicyclic amines) is 1. The molecular weight excluding hydrogens is 318 g/mol. The number of nitrogens with zero attached hydrogens (tertiary/aromatic N) is 2. The monoisotopic (exact) mass is 339 g/mol. The third-order valence-corrected chi connectivity index (χ3v) is 4.12. The van der Waals surface area contributed by atoms with Crippen LogP contribution in [0.2, 0.25) is 0 Å². The Hall–Kier alpha value is -3.09. The fourth-order valence-corrected chi connectivity index (χ4v) is 2.87. The van der Waals surface area contributed by atoms with Crippen LogP contribution < -0.4 is 16.4 Å². The predicted molar refractivity (Wildman–Crippen MR) is 96.4 cm³/mol. The molecule has 0 spiro atoms. The van der Waals surface area contributed by atoms with Crippen molar-refractivity contribution in [2.75, 3.05) is 23.7 Å². The molecule has 7 nitrogen and oxygen atoms in total. The van der Waals surface area contributed by atoms with Gasteiger partial charge in [-0.1, -0.05) is 18.2 Å². The van der Waals surface area contributed by atoms with Gasteiger partial charge in [-0.15, -0.1) is 0 Å². The first-order valence-corrected chi connectivity index (χ1v) is 8.25. The van der Waals surface area contributed by atoms with E-state index in [-0.39, 0.29) is 17.8 Å². The summed E-state index contributed by atoms with van der Waals surface area (Å²) in [6.07, 6.45) is 3.39. The molecule has 2 heterocycles. The lowest BCUT2D eigenvalue weighted by molar-refractivity contribution is 0.0995. The van der Waals surface area contributed by atoms with Crippen LogP contribution in [0.3, 0.4) is 0 Å². The first kappa shape index (κ1) is 16.8. The number of piperidine rings is 1. The molecule has 0 aliphatic carbocycles. The van der Waals surface area contributed by atoms with Crippen molar-refractivity contribution >= 4 is 23.3 Å². The molecule has 7 heteroatoms. The molecule has 1 aliphatic heterocycles. The number of amides is 3. The van der Waals surface area contributed by atoms with E-state index in [4.69, 9.17) is 5.73 Å². The number of carbonyl (C=O) groups is 2. The number of para-hydroxylation sites is 1. The average molecular weight is 339 g/mol. The summed E-state index contributed by atoms with van der Waals surface area (Å²) in [7, 11) is 0. The van der Waals surface area contributed by atoms with Gasteiger partial charge < -0.3 is 21.3 Å². The van der Waals surface area contributed by atoms with Crippen LogP contribution in [0.1, 0.15) is 23.3 Å². The van der Waals surface area contributed by atoms with Crippen molar-refractivity contribution in [3.05, 3.63) is 54.4 Å². The minimum Gasteiger partial charge on any atom is -0.381 e. The number of hydrogen-bond acceptors (Lipinski definition) is 4. The Morgan fingerprint density at radius 1 is 1.12 bits per heavy atom. The van der Waals surface area contributed by atoms with E-state index in [1.807, 2.05) is 30.3 Å². The van der Waals surface area contributed by atoms with Crippen LogP contribution in [-0.2, 0) is 0 Å². The number of rotatable bonds is 4. The van der Waals surface area contributed by atoms with Crippen LogP contribution in [0, 0.1) is 0 Å². The van der Waals surface area contributed by atoms with E-state index in [1.54, 1.807) is 11.0 Å². The maximum Gasteiger partial charge on any atom is 0.321 e. The van der Waals surface area contributed by atoms with E-state index in [2.05, 4.69) is 15.6 Å². The fourth-order valence-electron chi connectivity index (χ4n) is 2.87. The molecule has 0 unspecified atom stereocenters. The van der Waals surface area contributed by atoms with Crippen molar-refractivity contribution in [3.63, 3.8) is 0 Å². The van der Waals surface area contributed by atoms with Crippen LogP contribution in [-0.4, -0.2) is 41.0 Å². The zero-order chi connectivity index (χ0) is 17.6. The Balaban J connectivity index is 1.57. The second kappa shape index (κ2) is 7.65. The predicted octanol–water partition coefficient (Wildman–Crippen LogP) is 2.29. The third-order valence-electron chi connectivity index (χ3n) is 4.12. The van der Waals surface area contributed by atoms with E-state index in [1.165, 1.54) is 12.3 Å². The summed E-state index contributed by atoms with van der Waals surface area (Å²) in [6.45, 7) is 1.35. The highest BCUT2D eigenvalue weighted by molar-refractivity contribution is 5.92. The van der Waals surface area contributed by atoms with Crippen LogP contribution >= 0.6 is 0 Å². The Morgan fingerprint density at radius 2 is 1.92 bits per heavy atom. The molecule has 0 saturated carbocycles. The summed E-state index contributed by atoms with van der Waals surface area (Å²) in [5.74, 6) is -0.594. The molecule has 1 fully saturated rings. The van der Waals surface area contributed by atoms with Crippen molar-refractivity contribution in [2.45, 2.75) is 18.9 Å². The summed E-state index contributed by atoms with van der Waals surface area (Å²) < 4.78 is 0. The lowest BCUT2D eigenvalue weighted by Crippen LogP contribution is -2.46. The second-order valence-electron chi connectivity index (χ2n) is 6.02. The number of carbonyl (C=O) groups excluding carboxylic acids is 2. The molecule has 0 bridgehead atoms. The van der Waals surface area contributed by atoms with Crippen LogP contribution in [0.5, 0.6) is 0 Å². The highest BCUT2D eigenvalue weighted by atomic mass is 16.2. The number of benzene rings is 1. The van der Waals surface area contributed by atoms with Gasteiger partial charge >= 0.3 is 6.03 Å². The molecular formula is C18H21N5O2. The number of nitrogens with two attached hydrogens (primary N) is 1. The van der Waals surface area contributed by atoms with Gasteiger partial charge in [0.2, 0.25) is 0 Å². The minimum absolute atomic E-state index is 0.170. The van der Waals surface area contributed by atoms with E-state index in [9.17, 15) is 9.59 Å². The van der Waals surface area contributed by atoms with Crippen LogP contribution in [0.4, 0.5) is 16.2 Å². The summed E-state index contributed by atoms with van der Waals surface area (Å²) >= 11 is 0. The van der Waals surface area contributed by atoms with Gasteiger partial charge in [-0.05, 0) is 37.1 Å². The van der Waals surface area contributed by atoms with E-state index < -0.39 is 5.91 Å². The van der Waals surface area contributed by atoms with Gasteiger partial charge in [-0.25, -0.2) is 9.78 Å². The number of nitrogens with one attached hydrogen (secondary N) is 2. The van der Waals surface area contributed by atoms with Gasteiger partial charge in [0.15, 0.2) is 0 Å². The summed E-state index contributed by atoms with van der Waals surface area (Å²) in [5, 5.41) is 6.27. The maximum atomic E-state index is 12.5. The standard InChI is InChI=1S/C18H21N5O2/c19-17(24)16-9-8-14(11-20-16)22-18(25)23-10-4-7-15(12-23)21-13-5-2-1-3-6-13/h1-3,5-6,8-9,11,15,21H,4,7,10,12H2,(H2,19,24)(H,22,25)/t15-/m0/s1. The number of urea groups is 1. The van der Waals surface area contributed by atoms with Crippen molar-refractivity contribution < 1.29 is 9.59 Å². The fraction of sp³-hybridized carbons (Fsp3) is 0.278. The maximum absolute atomic E-state index is 12.5. The Labute approximate surface area is 146 Å². The van der Waals surface area contributed by atoms with Crippen molar-refractivity contribution in [1.82, 2.24) is 9.88 Å². The molecule has 1 aliphatic rings. The van der Waals surface area contributed by atoms with Gasteiger partial charge in [-0.2, -0.15) is 0 Å². The topological polar surface area (TPSA) is 100 Å². The molecule has 1 saturated heterocycles. The average Bonchev–Trinajstić information content (AvgIpc) is 2.63. The van der Waals surface area contributed by atoms with Gasteiger partial charge in [-0.3, -0.25) is 4.79 Å². The van der Waals surface area contributed by atoms with Gasteiger partial charge in [0, 0.05) is 24.8 Å². The highest BCUT2D eigenvalue weighted by Gasteiger charge is 2.23. The van der Waals surface area contributed by atoms with Crippen LogP contribution in [0.25, 0.3) is 0 Å². The molecule has 1 aromatic heterocycles. The molecule has 3 amide bonds. The molecule has 1 aromatic carbocycles. The first-order valence-electron chi connectivity index (χ1n) is 8.25. The summed E-state index contributed by atoms with van der Waals surface area (Å²) in [5.41, 5.74) is 6.92. The summed E-state index contributed by atoms with van der Waals surface area (Å²) in [4.78, 5) is 29.2. The quantitative estimate of drug-likeness (QED) is 0.795. The molecule has 130 valence electrons. The van der Waals surface area contributed by atoms with Crippen molar-refractivity contribution in [3.8, 4) is 0 Å². The molecule has 1 atom stereocenters. The molecule has 3 rings (SSSR count). The number of aromatic nitrogens is 1. The van der Waals surface area contributed by atoms with Gasteiger partial charge in [0.25, 0.3) is 5.91 Å². The number of primary amides is 1. The highest BCUT2D eigenvalue weighted by Crippen LogP contribution is 2.17. The third kappa shape index (κ3) is 4.47. The smallest absolute Gasteiger partial charge is 0.321 e. The normalized spacial score (nSPS) is 17.0. The second-order valence-corrected chi connectivity index (χ2v) is 6.02. The Morgan fingerprint density at radius 3 is 2.60 bits per heavy atom. The largest absolute Gasteiger partial charge is 0.381 e. The van der Waals surface area contributed by atoms with Crippen molar-refractivity contribution in [1.29, 1.82) is 0 Å². The van der Waals surface area contributed by atoms with E-state index >= 15 is 0 Å². The molecule has 0 radical (unpaired) electrons. The van der Waals surface area contributed by atoms with Crippen molar-refractivity contribution in [2.24, 2.45) is 5.73 Å². The van der Waals surface area contributed by atoms with Crippen LogP contribution in [0.15, 0.2) is 48.7 Å². The number of hydrogen-bond donors (Lipinski definition) is 3. The Bertz CT molecular complexity index is 733. The van der Waals surface area contributed by atoms with E-state index in [0.717, 1.165) is 18.5 Å². The summed E-state index contributed by atoms with van der Waals surface area (Å²) in [6, 6.07) is 13.1. The first-order chi connectivity index (χ1) is 12.1. The van der Waals surface area contributed by atoms with Gasteiger partial charge in [0.05, 0.1) is 11.9 Å². The number of anilines is 2. The zero-order valence-corrected chi connectivity index (χ0v) is 13.8. The van der Waals surface area contributed by atoms with Gasteiger partial charge in [0.1, 0.15) is 5.69 Å². The molecule has 2 aromatic rings. The molecule has 25 heavy (non-hydrogen) atoms. The minimum atomic E-state index is -0.594. The number of pyridine rings is 1. The lowest BCUT2D eigenvalue weighted by atomic mass is 10.1. The Kier molecular flexibility index (Phi) is 5.13. The zero-order valence-electron chi connectivity index (χ0n) is 13.8. The lowest BCUT2D eigenvalue weighted by Gasteiger charge is -2.33. The SMILES string of the molecule is NC(=O)c1ccc(NC(=O)N2CCC[C@H](Nc3ccccc3)C2)cn1. The van der Waals surface area contributed by atoms with E-state index in [0.29, 0.717) is 18.8 Å².